The van der Waals surface area contributed by atoms with Crippen LogP contribution in [0.25, 0.3) is 0 Å². The molecular weight excluding hydrogens is 188 g/mol. The molecule has 0 aromatic carbocycles. The lowest BCUT2D eigenvalue weighted by Gasteiger charge is -2.49. The molecule has 2 heterocycles. The molecule has 0 aromatic rings. The first-order valence-corrected chi connectivity index (χ1v) is 6.42. The van der Waals surface area contributed by atoms with Crippen LogP contribution in [0.15, 0.2) is 0 Å². The molecule has 1 spiro atoms. The predicted octanol–water partition coefficient (Wildman–Crippen LogP) is 3.21. The van der Waals surface area contributed by atoms with Crippen LogP contribution in [-0.4, -0.2) is 18.5 Å². The van der Waals surface area contributed by atoms with Crippen molar-refractivity contribution < 1.29 is 9.47 Å². The van der Waals surface area contributed by atoms with Gasteiger partial charge >= 0.3 is 0 Å². The molecule has 0 aliphatic carbocycles. The van der Waals surface area contributed by atoms with E-state index in [1.807, 2.05) is 0 Å². The summed E-state index contributed by atoms with van der Waals surface area (Å²) in [6.07, 6.45) is 3.72. The first-order valence-electron chi connectivity index (χ1n) is 6.42. The van der Waals surface area contributed by atoms with Gasteiger partial charge in [0.05, 0.1) is 12.7 Å². The maximum Gasteiger partial charge on any atom is 0.171 e. The lowest BCUT2D eigenvalue weighted by molar-refractivity contribution is -0.308. The van der Waals surface area contributed by atoms with E-state index in [1.54, 1.807) is 0 Å². The van der Waals surface area contributed by atoms with E-state index in [4.69, 9.17) is 9.47 Å². The van der Waals surface area contributed by atoms with E-state index in [-0.39, 0.29) is 5.79 Å². The maximum atomic E-state index is 6.26. The molecule has 0 amide bonds. The SMILES string of the molecule is CC[C@H]1O[C@@]2(CCCO2)[C@H](C)[C@@H](C)[C@@H]1C. The lowest BCUT2D eigenvalue weighted by Crippen LogP contribution is -2.53. The molecule has 0 unspecified atom stereocenters. The van der Waals surface area contributed by atoms with Crippen molar-refractivity contribution >= 4 is 0 Å². The van der Waals surface area contributed by atoms with E-state index in [2.05, 4.69) is 27.7 Å². The van der Waals surface area contributed by atoms with Gasteiger partial charge in [-0.2, -0.15) is 0 Å². The third kappa shape index (κ3) is 1.72. The minimum absolute atomic E-state index is 0.243. The van der Waals surface area contributed by atoms with E-state index >= 15 is 0 Å². The third-order valence-electron chi connectivity index (χ3n) is 4.67. The second-order valence-electron chi connectivity index (χ2n) is 5.34. The molecule has 2 rings (SSSR count). The first-order chi connectivity index (χ1) is 7.10. The highest BCUT2D eigenvalue weighted by Gasteiger charge is 2.51. The summed E-state index contributed by atoms with van der Waals surface area (Å²) in [5, 5.41) is 0. The average Bonchev–Trinajstić information content (AvgIpc) is 2.70. The van der Waals surface area contributed by atoms with E-state index in [1.165, 1.54) is 0 Å². The summed E-state index contributed by atoms with van der Waals surface area (Å²) >= 11 is 0. The molecule has 2 aliphatic rings. The van der Waals surface area contributed by atoms with E-state index in [0.29, 0.717) is 23.9 Å². The molecule has 0 radical (unpaired) electrons. The molecule has 0 N–H and O–H groups in total. The molecule has 2 aliphatic heterocycles. The standard InChI is InChI=1S/C13H24O2/c1-5-12-10(3)9(2)11(4)13(15-12)7-6-8-14-13/h9-12H,5-8H2,1-4H3/t9-,10-,11+,12+,13-/m0/s1. The van der Waals surface area contributed by atoms with Gasteiger partial charge in [0.15, 0.2) is 5.79 Å². The summed E-state index contributed by atoms with van der Waals surface area (Å²) in [5.41, 5.74) is 0. The van der Waals surface area contributed by atoms with Gasteiger partial charge in [0.25, 0.3) is 0 Å². The summed E-state index contributed by atoms with van der Waals surface area (Å²) in [6, 6.07) is 0. The molecule has 15 heavy (non-hydrogen) atoms. The van der Waals surface area contributed by atoms with Gasteiger partial charge in [-0.15, -0.1) is 0 Å². The predicted molar refractivity (Wildman–Crippen MR) is 60.6 cm³/mol. The Morgan fingerprint density at radius 3 is 2.47 bits per heavy atom. The molecule has 0 aromatic heterocycles. The monoisotopic (exact) mass is 212 g/mol. The van der Waals surface area contributed by atoms with Crippen molar-refractivity contribution in [3.63, 3.8) is 0 Å². The fourth-order valence-corrected chi connectivity index (χ4v) is 3.21. The molecular formula is C13H24O2. The molecule has 2 nitrogen and oxygen atoms in total. The van der Waals surface area contributed by atoms with Gasteiger partial charge < -0.3 is 9.47 Å². The second kappa shape index (κ2) is 4.06. The van der Waals surface area contributed by atoms with Crippen molar-refractivity contribution in [3.05, 3.63) is 0 Å². The van der Waals surface area contributed by atoms with E-state index in [9.17, 15) is 0 Å². The quantitative estimate of drug-likeness (QED) is 0.664. The van der Waals surface area contributed by atoms with Gasteiger partial charge in [-0.25, -0.2) is 0 Å². The fraction of sp³-hybridized carbons (Fsp3) is 1.00. The summed E-state index contributed by atoms with van der Waals surface area (Å²) in [5.74, 6) is 1.63. The highest BCUT2D eigenvalue weighted by Crippen LogP contribution is 2.47. The topological polar surface area (TPSA) is 18.5 Å². The number of ether oxygens (including phenoxy) is 2. The zero-order valence-electron chi connectivity index (χ0n) is 10.5. The van der Waals surface area contributed by atoms with Gasteiger partial charge in [0.2, 0.25) is 0 Å². The Morgan fingerprint density at radius 2 is 1.93 bits per heavy atom. The van der Waals surface area contributed by atoms with Gasteiger partial charge in [-0.05, 0) is 24.7 Å². The van der Waals surface area contributed by atoms with Crippen LogP contribution in [0.2, 0.25) is 0 Å². The number of rotatable bonds is 1. The first kappa shape index (κ1) is 11.4. The molecule has 2 fully saturated rings. The van der Waals surface area contributed by atoms with Gasteiger partial charge in [0.1, 0.15) is 0 Å². The van der Waals surface area contributed by atoms with Gasteiger partial charge in [-0.1, -0.05) is 27.7 Å². The Balaban J connectivity index is 2.19. The Morgan fingerprint density at radius 1 is 1.20 bits per heavy atom. The summed E-state index contributed by atoms with van der Waals surface area (Å²) < 4.78 is 12.2. The highest BCUT2D eigenvalue weighted by atomic mass is 16.7. The Kier molecular flexibility index (Phi) is 3.09. The molecule has 2 heteroatoms. The van der Waals surface area contributed by atoms with Crippen LogP contribution < -0.4 is 0 Å². The maximum absolute atomic E-state index is 6.26. The van der Waals surface area contributed by atoms with Crippen LogP contribution in [0.3, 0.4) is 0 Å². The molecule has 2 saturated heterocycles. The van der Waals surface area contributed by atoms with Gasteiger partial charge in [-0.3, -0.25) is 0 Å². The van der Waals surface area contributed by atoms with Crippen molar-refractivity contribution in [1.82, 2.24) is 0 Å². The summed E-state index contributed by atoms with van der Waals surface area (Å²) in [7, 11) is 0. The molecule has 5 atom stereocenters. The van der Waals surface area contributed by atoms with Crippen LogP contribution in [-0.2, 0) is 9.47 Å². The van der Waals surface area contributed by atoms with Crippen molar-refractivity contribution in [2.24, 2.45) is 17.8 Å². The summed E-state index contributed by atoms with van der Waals surface area (Å²) in [4.78, 5) is 0. The zero-order chi connectivity index (χ0) is 11.1. The van der Waals surface area contributed by atoms with Crippen molar-refractivity contribution in [2.45, 2.75) is 58.8 Å². The van der Waals surface area contributed by atoms with Crippen molar-refractivity contribution in [3.8, 4) is 0 Å². The van der Waals surface area contributed by atoms with Crippen molar-refractivity contribution in [2.75, 3.05) is 6.61 Å². The minimum atomic E-state index is -0.243. The van der Waals surface area contributed by atoms with E-state index in [0.717, 1.165) is 25.9 Å². The minimum Gasteiger partial charge on any atom is -0.350 e. The van der Waals surface area contributed by atoms with Crippen LogP contribution in [0.4, 0.5) is 0 Å². The second-order valence-corrected chi connectivity index (χ2v) is 5.34. The largest absolute Gasteiger partial charge is 0.350 e. The van der Waals surface area contributed by atoms with Crippen LogP contribution in [0.5, 0.6) is 0 Å². The van der Waals surface area contributed by atoms with Crippen LogP contribution >= 0.6 is 0 Å². The molecule has 0 bridgehead atoms. The molecule has 88 valence electrons. The number of hydrogen-bond donors (Lipinski definition) is 0. The number of hydrogen-bond acceptors (Lipinski definition) is 2. The smallest absolute Gasteiger partial charge is 0.171 e. The Bertz CT molecular complexity index is 219. The van der Waals surface area contributed by atoms with Crippen LogP contribution in [0, 0.1) is 17.8 Å². The fourth-order valence-electron chi connectivity index (χ4n) is 3.21. The van der Waals surface area contributed by atoms with Crippen LogP contribution in [0.1, 0.15) is 47.0 Å². The zero-order valence-corrected chi connectivity index (χ0v) is 10.5. The molecule has 0 saturated carbocycles. The van der Waals surface area contributed by atoms with Crippen molar-refractivity contribution in [1.29, 1.82) is 0 Å². The highest BCUT2D eigenvalue weighted by molar-refractivity contribution is 4.92. The Hall–Kier alpha value is -0.0800. The van der Waals surface area contributed by atoms with E-state index < -0.39 is 0 Å². The lowest BCUT2D eigenvalue weighted by atomic mass is 9.73. The average molecular weight is 212 g/mol. The normalized spacial score (nSPS) is 51.2. The Labute approximate surface area is 93.3 Å². The van der Waals surface area contributed by atoms with Gasteiger partial charge in [0, 0.05) is 12.3 Å². The summed E-state index contributed by atoms with van der Waals surface area (Å²) in [6.45, 7) is 10.0. The third-order valence-corrected chi connectivity index (χ3v) is 4.67.